The lowest BCUT2D eigenvalue weighted by atomic mass is 9.87. The second kappa shape index (κ2) is 10.3. The highest BCUT2D eigenvalue weighted by atomic mass is 127. The summed E-state index contributed by atoms with van der Waals surface area (Å²) < 4.78 is 1.11. The van der Waals surface area contributed by atoms with E-state index in [9.17, 15) is 0 Å². The Morgan fingerprint density at radius 3 is 2.00 bits per heavy atom. The molecule has 0 spiro atoms. The molecule has 3 aromatic heterocycles. The highest BCUT2D eigenvalue weighted by Crippen LogP contribution is 2.38. The van der Waals surface area contributed by atoms with Crippen molar-refractivity contribution in [3.05, 3.63) is 115 Å². The number of rotatable bonds is 2. The number of hydrogen-bond acceptors (Lipinski definition) is 2. The van der Waals surface area contributed by atoms with Gasteiger partial charge in [-0.15, -0.1) is 0 Å². The highest BCUT2D eigenvalue weighted by molar-refractivity contribution is 14.1. The fourth-order valence-corrected chi connectivity index (χ4v) is 7.21. The van der Waals surface area contributed by atoms with E-state index in [4.69, 9.17) is 9.97 Å². The summed E-state index contributed by atoms with van der Waals surface area (Å²) in [5, 5.41) is 0. The Bertz CT molecular complexity index is 2100. The number of nitrogens with zero attached hydrogens (tertiary/aromatic N) is 2. The number of hydrogen-bond donors (Lipinski definition) is 2. The third-order valence-electron chi connectivity index (χ3n) is 8.69. The van der Waals surface area contributed by atoms with Gasteiger partial charge >= 0.3 is 0 Å². The van der Waals surface area contributed by atoms with Crippen LogP contribution in [0.5, 0.6) is 0 Å². The summed E-state index contributed by atoms with van der Waals surface area (Å²) in [6.45, 7) is 13.3. The number of aromatic amines is 2. The first kappa shape index (κ1) is 27.8. The zero-order chi connectivity index (χ0) is 30.0. The minimum atomic E-state index is -0.0781. The number of H-pyrrole nitrogens is 2. The van der Waals surface area contributed by atoms with Gasteiger partial charge in [0.1, 0.15) is 0 Å². The van der Waals surface area contributed by atoms with Crippen LogP contribution in [0.25, 0.3) is 56.5 Å². The van der Waals surface area contributed by atoms with Gasteiger partial charge in [-0.2, -0.15) is 0 Å². The summed E-state index contributed by atoms with van der Waals surface area (Å²) in [6.07, 6.45) is 5.19. The Morgan fingerprint density at radius 1 is 0.651 bits per heavy atom. The van der Waals surface area contributed by atoms with Crippen LogP contribution in [0, 0.1) is 31.3 Å². The van der Waals surface area contributed by atoms with Crippen LogP contribution in [0.15, 0.2) is 66.7 Å². The number of benzene rings is 2. The van der Waals surface area contributed by atoms with Crippen LogP contribution < -0.4 is 0 Å². The molecule has 0 atom stereocenters. The molecule has 0 unspecified atom stereocenters. The Hall–Kier alpha value is -3.97. The zero-order valence-corrected chi connectivity index (χ0v) is 27.6. The molecule has 0 aliphatic carbocycles. The minimum absolute atomic E-state index is 0.0781. The first-order valence-electron chi connectivity index (χ1n) is 14.8. The van der Waals surface area contributed by atoms with Crippen molar-refractivity contribution in [2.75, 3.05) is 0 Å². The van der Waals surface area contributed by atoms with Gasteiger partial charge in [-0.1, -0.05) is 61.4 Å². The lowest BCUT2D eigenvalue weighted by Gasteiger charge is -2.15. The van der Waals surface area contributed by atoms with E-state index in [1.54, 1.807) is 0 Å². The van der Waals surface area contributed by atoms with Crippen molar-refractivity contribution in [3.63, 3.8) is 0 Å². The molecule has 2 aliphatic rings. The summed E-state index contributed by atoms with van der Waals surface area (Å²) in [5.74, 6) is 0. The average Bonchev–Trinajstić information content (AvgIpc) is 3.75. The monoisotopic (exact) mass is 674 g/mol. The van der Waals surface area contributed by atoms with Crippen molar-refractivity contribution in [1.29, 1.82) is 0 Å². The zero-order valence-electron chi connectivity index (χ0n) is 25.5. The molecule has 43 heavy (non-hydrogen) atoms. The molecule has 0 radical (unpaired) electrons. The Morgan fingerprint density at radius 2 is 1.28 bits per heavy atom. The van der Waals surface area contributed by atoms with Gasteiger partial charge in [0.2, 0.25) is 0 Å². The van der Waals surface area contributed by atoms with Gasteiger partial charge in [0.05, 0.1) is 20.7 Å². The maximum Gasteiger partial charge on any atom is 0.0789 e. The standard InChI is InChI=1S/C38H35IN4/c1-21-7-9-25(10-8-21)35-27-12-11-26(40-27)19-33-38(5,6)20-32(43-33)37(39)31-16-15-30(42-31)36(29-14-13-28(35)41-29)34-23(3)17-22(2)18-24(34)4/h7-19,40-41H,20H2,1-6H3. The summed E-state index contributed by atoms with van der Waals surface area (Å²) in [7, 11) is 0. The van der Waals surface area contributed by atoms with Gasteiger partial charge in [-0.3, -0.25) is 4.98 Å². The number of aryl methyl sites for hydroxylation is 4. The summed E-state index contributed by atoms with van der Waals surface area (Å²) in [6, 6.07) is 24.3. The van der Waals surface area contributed by atoms with E-state index in [0.29, 0.717) is 0 Å². The Labute approximate surface area is 266 Å². The van der Waals surface area contributed by atoms with Crippen LogP contribution in [0.4, 0.5) is 0 Å². The molecule has 2 N–H and O–H groups in total. The van der Waals surface area contributed by atoms with E-state index in [0.717, 1.165) is 71.5 Å². The first-order valence-corrected chi connectivity index (χ1v) is 15.9. The summed E-state index contributed by atoms with van der Waals surface area (Å²) in [4.78, 5) is 18.0. The summed E-state index contributed by atoms with van der Waals surface area (Å²) >= 11 is 2.44. The van der Waals surface area contributed by atoms with E-state index in [2.05, 4.69) is 153 Å². The van der Waals surface area contributed by atoms with Gasteiger partial charge in [-0.05, 0) is 115 Å². The fourth-order valence-electron chi connectivity index (χ4n) is 6.60. The van der Waals surface area contributed by atoms with Crippen LogP contribution in [0.3, 0.4) is 0 Å². The van der Waals surface area contributed by atoms with Crippen LogP contribution in [0.1, 0.15) is 58.9 Å². The number of halogens is 1. The molecule has 5 heterocycles. The molecule has 5 aromatic rings. The lowest BCUT2D eigenvalue weighted by molar-refractivity contribution is 0.542. The summed E-state index contributed by atoms with van der Waals surface area (Å²) in [5.41, 5.74) is 17.9. The average molecular weight is 675 g/mol. The second-order valence-electron chi connectivity index (χ2n) is 12.7. The molecule has 5 heteroatoms. The predicted molar refractivity (Wildman–Crippen MR) is 189 cm³/mol. The molecule has 2 aliphatic heterocycles. The number of aromatic nitrogens is 4. The SMILES string of the molecule is Cc1ccc(-c2c3ccc(cc4nc(c(I)c5nc(c(-c6c(C)cc(C)cc6C)c6ccc2[nH]6)C=C5)CC4(C)C)[nH]3)cc1. The van der Waals surface area contributed by atoms with Crippen molar-refractivity contribution < 1.29 is 0 Å². The molecule has 7 rings (SSSR count). The Balaban J connectivity index is 1.67. The molecule has 214 valence electrons. The normalized spacial score (nSPS) is 13.9. The van der Waals surface area contributed by atoms with Gasteiger partial charge in [0.15, 0.2) is 0 Å². The van der Waals surface area contributed by atoms with Crippen LogP contribution in [-0.2, 0) is 11.8 Å². The van der Waals surface area contributed by atoms with Crippen LogP contribution in [0.2, 0.25) is 0 Å². The Kier molecular flexibility index (Phi) is 6.69. The fraction of sp³-hybridized carbons (Fsp3) is 0.211. The molecule has 0 fully saturated rings. The molecule has 0 saturated heterocycles. The van der Waals surface area contributed by atoms with Crippen LogP contribution >= 0.6 is 22.6 Å². The largest absolute Gasteiger partial charge is 0.355 e. The third kappa shape index (κ3) is 4.93. The lowest BCUT2D eigenvalue weighted by Crippen LogP contribution is -2.15. The van der Waals surface area contributed by atoms with Crippen molar-refractivity contribution in [2.45, 2.75) is 53.4 Å². The molecular formula is C38H35IN4. The van der Waals surface area contributed by atoms with Gasteiger partial charge in [0.25, 0.3) is 0 Å². The quantitative estimate of drug-likeness (QED) is 0.180. The first-order chi connectivity index (χ1) is 20.6. The van der Waals surface area contributed by atoms with Crippen molar-refractivity contribution in [3.8, 4) is 22.3 Å². The molecule has 0 saturated carbocycles. The highest BCUT2D eigenvalue weighted by Gasteiger charge is 2.30. The van der Waals surface area contributed by atoms with E-state index >= 15 is 0 Å². The third-order valence-corrected chi connectivity index (χ3v) is 9.87. The molecule has 0 amide bonds. The van der Waals surface area contributed by atoms with E-state index in [1.165, 1.54) is 27.8 Å². The molecular weight excluding hydrogens is 639 g/mol. The van der Waals surface area contributed by atoms with Gasteiger partial charge in [0, 0.05) is 50.7 Å². The topological polar surface area (TPSA) is 57.4 Å². The van der Waals surface area contributed by atoms with Crippen molar-refractivity contribution in [2.24, 2.45) is 0 Å². The number of fused-ring (bicyclic) bond motifs is 8. The van der Waals surface area contributed by atoms with Crippen LogP contribution in [-0.4, -0.2) is 19.9 Å². The smallest absolute Gasteiger partial charge is 0.0789 e. The van der Waals surface area contributed by atoms with Crippen molar-refractivity contribution >= 4 is 56.8 Å². The van der Waals surface area contributed by atoms with Gasteiger partial charge in [-0.25, -0.2) is 4.98 Å². The second-order valence-corrected chi connectivity index (χ2v) is 13.8. The van der Waals surface area contributed by atoms with Gasteiger partial charge < -0.3 is 9.97 Å². The predicted octanol–water partition coefficient (Wildman–Crippen LogP) is 10.2. The van der Waals surface area contributed by atoms with E-state index in [-0.39, 0.29) is 5.41 Å². The number of nitrogens with one attached hydrogen (secondary N) is 2. The van der Waals surface area contributed by atoms with E-state index < -0.39 is 0 Å². The molecule has 2 aromatic carbocycles. The van der Waals surface area contributed by atoms with Crippen molar-refractivity contribution in [1.82, 2.24) is 19.9 Å². The molecule has 4 nitrogen and oxygen atoms in total. The van der Waals surface area contributed by atoms with E-state index in [1.807, 2.05) is 0 Å². The minimum Gasteiger partial charge on any atom is -0.355 e. The maximum atomic E-state index is 5.27. The molecule has 8 bridgehead atoms. The maximum absolute atomic E-state index is 5.27.